The largest absolute Gasteiger partial charge is 0.506 e. The second kappa shape index (κ2) is 5.11. The van der Waals surface area contributed by atoms with E-state index in [0.29, 0.717) is 16.8 Å². The number of Topliss-reactive ketones (excluding diaryl/α,β-unsaturated/α-hetero) is 1. The minimum Gasteiger partial charge on any atom is -0.506 e. The van der Waals surface area contributed by atoms with Crippen LogP contribution in [0.1, 0.15) is 21.5 Å². The number of rotatable bonds is 1. The number of ketones is 1. The van der Waals surface area contributed by atoms with E-state index in [1.54, 1.807) is 43.4 Å². The van der Waals surface area contributed by atoms with Crippen molar-refractivity contribution in [3.8, 4) is 0 Å². The molecule has 2 aromatic rings. The number of nitrogens with zero attached hydrogens (tertiary/aromatic N) is 1. The van der Waals surface area contributed by atoms with Crippen molar-refractivity contribution in [2.24, 2.45) is 0 Å². The van der Waals surface area contributed by atoms with Crippen molar-refractivity contribution in [1.29, 1.82) is 0 Å². The molecule has 0 fully saturated rings. The second-order valence-electron chi connectivity index (χ2n) is 5.73. The van der Waals surface area contributed by atoms with E-state index >= 15 is 0 Å². The Morgan fingerprint density at radius 3 is 2.21 bits per heavy atom. The van der Waals surface area contributed by atoms with E-state index in [1.165, 1.54) is 4.90 Å². The van der Waals surface area contributed by atoms with E-state index in [0.717, 1.165) is 10.5 Å². The maximum atomic E-state index is 13.0. The molecule has 0 radical (unpaired) electrons. The molecule has 1 amide bonds. The number of carbonyl (C=O) groups excluding carboxylic acids is 2. The van der Waals surface area contributed by atoms with Gasteiger partial charge in [0.15, 0.2) is 5.78 Å². The van der Waals surface area contributed by atoms with Gasteiger partial charge in [-0.05, 0) is 17.7 Å². The van der Waals surface area contributed by atoms with E-state index in [-0.39, 0.29) is 28.6 Å². The smallest absolute Gasteiger partial charge is 0.262 e. The van der Waals surface area contributed by atoms with Crippen LogP contribution in [0.3, 0.4) is 0 Å². The zero-order valence-corrected chi connectivity index (χ0v) is 13.7. The zero-order chi connectivity index (χ0) is 17.0. The van der Waals surface area contributed by atoms with Gasteiger partial charge in [-0.1, -0.05) is 36.4 Å². The summed E-state index contributed by atoms with van der Waals surface area (Å²) in [5, 5.41) is 10.6. The third-order valence-corrected chi connectivity index (χ3v) is 4.67. The number of benzene rings is 2. The van der Waals surface area contributed by atoms with Crippen LogP contribution in [-0.4, -0.2) is 28.7 Å². The third-order valence-electron chi connectivity index (χ3n) is 4.37. The van der Waals surface area contributed by atoms with Gasteiger partial charge in [-0.25, -0.2) is 0 Å². The SMILES string of the molecule is CN1C(=O)C2=C(O)c3ccccc3C(=O)C2=C1c1ccc(S)cc1. The predicted molar refractivity (Wildman–Crippen MR) is 93.7 cm³/mol. The van der Waals surface area contributed by atoms with Crippen molar-refractivity contribution in [2.75, 3.05) is 7.05 Å². The van der Waals surface area contributed by atoms with Gasteiger partial charge < -0.3 is 10.0 Å². The standard InChI is InChI=1S/C19H13NO3S/c1-20-16(10-6-8-11(24)9-7-10)14-15(19(20)23)18(22)13-5-3-2-4-12(13)17(14)21/h2-9,22,24H,1H3. The predicted octanol–water partition coefficient (Wildman–Crippen LogP) is 3.32. The topological polar surface area (TPSA) is 57.6 Å². The van der Waals surface area contributed by atoms with Crippen LogP contribution in [0, 0.1) is 0 Å². The Hall–Kier alpha value is -2.79. The molecule has 1 aliphatic carbocycles. The maximum absolute atomic E-state index is 13.0. The highest BCUT2D eigenvalue weighted by Crippen LogP contribution is 2.43. The van der Waals surface area contributed by atoms with Gasteiger partial charge in [-0.2, -0.15) is 0 Å². The lowest BCUT2D eigenvalue weighted by Gasteiger charge is -2.17. The van der Waals surface area contributed by atoms with Crippen LogP contribution in [0.15, 0.2) is 64.6 Å². The number of fused-ring (bicyclic) bond motifs is 2. The van der Waals surface area contributed by atoms with Gasteiger partial charge in [0.05, 0.1) is 16.8 Å². The number of aliphatic hydroxyl groups excluding tert-OH is 1. The Kier molecular flexibility index (Phi) is 3.15. The summed E-state index contributed by atoms with van der Waals surface area (Å²) in [6.07, 6.45) is 0. The lowest BCUT2D eigenvalue weighted by atomic mass is 9.85. The molecule has 1 N–H and O–H groups in total. The summed E-state index contributed by atoms with van der Waals surface area (Å²) in [5.41, 5.74) is 2.37. The number of hydrogen-bond acceptors (Lipinski definition) is 4. The van der Waals surface area contributed by atoms with Gasteiger partial charge in [0.25, 0.3) is 5.91 Å². The number of likely N-dealkylation sites (N-methyl/N-ethyl adjacent to an activating group) is 1. The molecule has 0 saturated carbocycles. The fourth-order valence-electron chi connectivity index (χ4n) is 3.22. The molecule has 1 aliphatic heterocycles. The average Bonchev–Trinajstić information content (AvgIpc) is 2.86. The highest BCUT2D eigenvalue weighted by Gasteiger charge is 2.43. The van der Waals surface area contributed by atoms with Crippen LogP contribution in [-0.2, 0) is 4.79 Å². The van der Waals surface area contributed by atoms with E-state index in [9.17, 15) is 14.7 Å². The van der Waals surface area contributed by atoms with Crippen LogP contribution in [0.4, 0.5) is 0 Å². The number of carbonyl (C=O) groups is 2. The Morgan fingerprint density at radius 1 is 0.917 bits per heavy atom. The van der Waals surface area contributed by atoms with Gasteiger partial charge in [-0.3, -0.25) is 9.59 Å². The van der Waals surface area contributed by atoms with E-state index in [2.05, 4.69) is 12.6 Å². The molecule has 118 valence electrons. The Labute approximate surface area is 144 Å². The fourth-order valence-corrected chi connectivity index (χ4v) is 3.37. The summed E-state index contributed by atoms with van der Waals surface area (Å²) in [6, 6.07) is 14.0. The van der Waals surface area contributed by atoms with E-state index < -0.39 is 0 Å². The molecule has 0 saturated heterocycles. The molecule has 2 aliphatic rings. The fraction of sp³-hybridized carbons (Fsp3) is 0.0526. The molecule has 1 heterocycles. The first kappa shape index (κ1) is 14.8. The summed E-state index contributed by atoms with van der Waals surface area (Å²) in [5.74, 6) is -0.769. The molecule has 2 aromatic carbocycles. The summed E-state index contributed by atoms with van der Waals surface area (Å²) < 4.78 is 0. The minimum absolute atomic E-state index is 0.0751. The van der Waals surface area contributed by atoms with Crippen molar-refractivity contribution >= 4 is 35.8 Å². The Balaban J connectivity index is 2.05. The normalized spacial score (nSPS) is 16.7. The summed E-state index contributed by atoms with van der Waals surface area (Å²) in [6.45, 7) is 0. The van der Waals surface area contributed by atoms with Crippen molar-refractivity contribution in [2.45, 2.75) is 4.90 Å². The maximum Gasteiger partial charge on any atom is 0.262 e. The number of amides is 1. The number of hydrogen-bond donors (Lipinski definition) is 2. The molecule has 24 heavy (non-hydrogen) atoms. The molecule has 0 spiro atoms. The highest BCUT2D eigenvalue weighted by atomic mass is 32.1. The highest BCUT2D eigenvalue weighted by molar-refractivity contribution is 7.80. The van der Waals surface area contributed by atoms with Crippen LogP contribution in [0.25, 0.3) is 11.5 Å². The van der Waals surface area contributed by atoms with E-state index in [4.69, 9.17) is 0 Å². The van der Waals surface area contributed by atoms with Crippen LogP contribution in [0.2, 0.25) is 0 Å². The first-order valence-electron chi connectivity index (χ1n) is 7.40. The lowest BCUT2D eigenvalue weighted by molar-refractivity contribution is -0.122. The van der Waals surface area contributed by atoms with E-state index in [1.807, 2.05) is 12.1 Å². The molecular weight excluding hydrogens is 322 g/mol. The first-order valence-corrected chi connectivity index (χ1v) is 7.85. The third kappa shape index (κ3) is 1.88. The number of aliphatic hydroxyl groups is 1. The van der Waals surface area contributed by atoms with Crippen LogP contribution < -0.4 is 0 Å². The molecule has 0 atom stereocenters. The monoisotopic (exact) mass is 335 g/mol. The molecule has 0 bridgehead atoms. The van der Waals surface area contributed by atoms with Crippen molar-refractivity contribution in [1.82, 2.24) is 4.90 Å². The molecule has 0 unspecified atom stereocenters. The molecule has 4 nitrogen and oxygen atoms in total. The summed E-state index contributed by atoms with van der Waals surface area (Å²) >= 11 is 4.26. The minimum atomic E-state index is -0.379. The van der Waals surface area contributed by atoms with Gasteiger partial charge in [0.1, 0.15) is 5.76 Å². The van der Waals surface area contributed by atoms with Gasteiger partial charge in [0, 0.05) is 23.1 Å². The zero-order valence-electron chi connectivity index (χ0n) is 12.8. The summed E-state index contributed by atoms with van der Waals surface area (Å²) in [7, 11) is 1.61. The summed E-state index contributed by atoms with van der Waals surface area (Å²) in [4.78, 5) is 27.8. The lowest BCUT2D eigenvalue weighted by Crippen LogP contribution is -2.21. The van der Waals surface area contributed by atoms with Crippen molar-refractivity contribution < 1.29 is 14.7 Å². The van der Waals surface area contributed by atoms with Crippen LogP contribution >= 0.6 is 12.6 Å². The van der Waals surface area contributed by atoms with Crippen molar-refractivity contribution in [3.05, 3.63) is 76.4 Å². The molecular formula is C19H13NO3S. The quantitative estimate of drug-likeness (QED) is 0.786. The van der Waals surface area contributed by atoms with Gasteiger partial charge in [0.2, 0.25) is 0 Å². The van der Waals surface area contributed by atoms with Gasteiger partial charge in [-0.15, -0.1) is 12.6 Å². The molecule has 0 aromatic heterocycles. The van der Waals surface area contributed by atoms with Gasteiger partial charge >= 0.3 is 0 Å². The Morgan fingerprint density at radius 2 is 1.54 bits per heavy atom. The molecule has 5 heteroatoms. The number of thiol groups is 1. The second-order valence-corrected chi connectivity index (χ2v) is 6.25. The van der Waals surface area contributed by atoms with Crippen molar-refractivity contribution in [3.63, 3.8) is 0 Å². The first-order chi connectivity index (χ1) is 11.5. The Bertz CT molecular complexity index is 970. The van der Waals surface area contributed by atoms with Crippen LogP contribution in [0.5, 0.6) is 0 Å². The molecule has 4 rings (SSSR count). The average molecular weight is 335 g/mol.